The fourth-order valence-corrected chi connectivity index (χ4v) is 3.92. The molecular formula is C19H16N4O7S. The van der Waals surface area contributed by atoms with Gasteiger partial charge in [0.15, 0.2) is 16.3 Å². The Morgan fingerprint density at radius 2 is 1.68 bits per heavy atom. The molecule has 1 heterocycles. The van der Waals surface area contributed by atoms with Crippen LogP contribution in [0.1, 0.15) is 10.4 Å². The molecule has 0 aliphatic heterocycles. The number of methoxy groups -OCH3 is 2. The Morgan fingerprint density at radius 3 is 2.19 bits per heavy atom. The van der Waals surface area contributed by atoms with Gasteiger partial charge in [-0.05, 0) is 0 Å². The Bertz CT molecular complexity index is 1260. The number of carbonyl (C=O) groups excluding carboxylic acids is 1. The van der Waals surface area contributed by atoms with Crippen LogP contribution in [0, 0.1) is 20.2 Å². The Kier molecular flexibility index (Phi) is 6.11. The molecule has 0 spiro atoms. The Morgan fingerprint density at radius 1 is 1.10 bits per heavy atom. The van der Waals surface area contributed by atoms with Gasteiger partial charge in [0.05, 0.1) is 45.9 Å². The molecule has 0 aliphatic rings. The third-order valence-electron chi connectivity index (χ3n) is 4.27. The van der Waals surface area contributed by atoms with Crippen LogP contribution < -0.4 is 14.3 Å². The second kappa shape index (κ2) is 8.75. The molecule has 0 saturated carbocycles. The van der Waals surface area contributed by atoms with Crippen LogP contribution in [0.2, 0.25) is 0 Å². The number of hydrogen-bond donors (Lipinski definition) is 0. The number of rotatable bonds is 7. The van der Waals surface area contributed by atoms with Gasteiger partial charge in [-0.25, -0.2) is 0 Å². The van der Waals surface area contributed by atoms with Crippen LogP contribution in [0.5, 0.6) is 11.5 Å². The van der Waals surface area contributed by atoms with E-state index in [1.54, 1.807) is 22.8 Å². The molecular weight excluding hydrogens is 428 g/mol. The van der Waals surface area contributed by atoms with E-state index in [2.05, 4.69) is 11.6 Å². The number of allylic oxidation sites excluding steroid dienone is 1. The van der Waals surface area contributed by atoms with Gasteiger partial charge in [-0.15, -0.1) is 6.58 Å². The summed E-state index contributed by atoms with van der Waals surface area (Å²) in [6.45, 7) is 4.03. The monoisotopic (exact) mass is 444 g/mol. The summed E-state index contributed by atoms with van der Waals surface area (Å²) >= 11 is 1.18. The smallest absolute Gasteiger partial charge is 0.280 e. The van der Waals surface area contributed by atoms with Crippen molar-refractivity contribution < 1.29 is 24.1 Å². The minimum atomic E-state index is -0.852. The summed E-state index contributed by atoms with van der Waals surface area (Å²) in [6.07, 6.45) is 1.62. The van der Waals surface area contributed by atoms with Crippen LogP contribution in [0.25, 0.3) is 10.2 Å². The van der Waals surface area contributed by atoms with E-state index in [-0.39, 0.29) is 10.4 Å². The van der Waals surface area contributed by atoms with Gasteiger partial charge in [-0.3, -0.25) is 25.0 Å². The highest BCUT2D eigenvalue weighted by atomic mass is 32.1. The summed E-state index contributed by atoms with van der Waals surface area (Å²) in [6, 6.07) is 6.16. The predicted molar refractivity (Wildman–Crippen MR) is 113 cm³/mol. The molecule has 160 valence electrons. The summed E-state index contributed by atoms with van der Waals surface area (Å²) in [4.78, 5) is 37.7. The standard InChI is InChI=1S/C19H16N4O7S/c1-4-5-21-14-9-15(29-2)16(30-3)10-17(14)31-19(21)20-18(24)11-6-12(22(25)26)8-13(7-11)23(27)28/h4,6-10H,1,5H2,2-3H3. The zero-order valence-electron chi connectivity index (χ0n) is 16.4. The zero-order chi connectivity index (χ0) is 22.7. The Hall–Kier alpha value is -4.06. The van der Waals surface area contributed by atoms with Gasteiger partial charge in [-0.2, -0.15) is 4.99 Å². The second-order valence-electron chi connectivity index (χ2n) is 6.13. The van der Waals surface area contributed by atoms with E-state index >= 15 is 0 Å². The predicted octanol–water partition coefficient (Wildman–Crippen LogP) is 3.46. The van der Waals surface area contributed by atoms with E-state index < -0.39 is 27.1 Å². The highest BCUT2D eigenvalue weighted by Gasteiger charge is 2.20. The maximum atomic E-state index is 12.7. The average Bonchev–Trinajstić information content (AvgIpc) is 3.08. The van der Waals surface area contributed by atoms with Crippen LogP contribution in [-0.4, -0.2) is 34.5 Å². The highest BCUT2D eigenvalue weighted by Crippen LogP contribution is 2.33. The van der Waals surface area contributed by atoms with E-state index in [1.165, 1.54) is 25.6 Å². The van der Waals surface area contributed by atoms with Gasteiger partial charge in [0.2, 0.25) is 0 Å². The van der Waals surface area contributed by atoms with Gasteiger partial charge in [0, 0.05) is 30.8 Å². The normalized spacial score (nSPS) is 11.4. The molecule has 12 heteroatoms. The van der Waals surface area contributed by atoms with Gasteiger partial charge >= 0.3 is 0 Å². The summed E-state index contributed by atoms with van der Waals surface area (Å²) in [5.74, 6) is 0.127. The number of benzene rings is 2. The molecule has 3 aromatic rings. The van der Waals surface area contributed by atoms with Crippen LogP contribution in [0.3, 0.4) is 0 Å². The quantitative estimate of drug-likeness (QED) is 0.309. The zero-order valence-corrected chi connectivity index (χ0v) is 17.2. The van der Waals surface area contributed by atoms with Crippen molar-refractivity contribution in [2.45, 2.75) is 6.54 Å². The number of amides is 1. The first-order chi connectivity index (χ1) is 14.8. The lowest BCUT2D eigenvalue weighted by molar-refractivity contribution is -0.394. The van der Waals surface area contributed by atoms with Crippen LogP contribution in [-0.2, 0) is 6.54 Å². The number of non-ortho nitro benzene ring substituents is 2. The lowest BCUT2D eigenvalue weighted by Gasteiger charge is -2.08. The molecule has 0 unspecified atom stereocenters. The summed E-state index contributed by atoms with van der Waals surface area (Å²) in [7, 11) is 3.00. The van der Waals surface area contributed by atoms with Gasteiger partial charge < -0.3 is 14.0 Å². The first-order valence-corrected chi connectivity index (χ1v) is 9.50. The summed E-state index contributed by atoms with van der Waals surface area (Å²) < 4.78 is 13.1. The van der Waals surface area contributed by atoms with E-state index in [1.807, 2.05) is 0 Å². The maximum absolute atomic E-state index is 12.7. The number of ether oxygens (including phenoxy) is 2. The number of hydrogen-bond acceptors (Lipinski definition) is 8. The molecule has 2 aromatic carbocycles. The van der Waals surface area contributed by atoms with E-state index in [4.69, 9.17) is 9.47 Å². The van der Waals surface area contributed by atoms with Crippen molar-refractivity contribution in [3.63, 3.8) is 0 Å². The molecule has 1 amide bonds. The first-order valence-electron chi connectivity index (χ1n) is 8.68. The molecule has 31 heavy (non-hydrogen) atoms. The Balaban J connectivity index is 2.21. The van der Waals surface area contributed by atoms with Crippen molar-refractivity contribution in [1.29, 1.82) is 0 Å². The van der Waals surface area contributed by atoms with Crippen LogP contribution in [0.15, 0.2) is 48.0 Å². The van der Waals surface area contributed by atoms with E-state index in [9.17, 15) is 25.0 Å². The van der Waals surface area contributed by atoms with Crippen LogP contribution in [0.4, 0.5) is 11.4 Å². The average molecular weight is 444 g/mol. The number of carbonyl (C=O) groups is 1. The summed E-state index contributed by atoms with van der Waals surface area (Å²) in [5.41, 5.74) is -0.701. The molecule has 0 aliphatic carbocycles. The van der Waals surface area contributed by atoms with Crippen molar-refractivity contribution in [2.75, 3.05) is 14.2 Å². The number of nitro groups is 2. The number of nitro benzene ring substituents is 2. The maximum Gasteiger partial charge on any atom is 0.280 e. The minimum absolute atomic E-state index is 0.265. The molecule has 0 radical (unpaired) electrons. The lowest BCUT2D eigenvalue weighted by Crippen LogP contribution is -2.16. The second-order valence-corrected chi connectivity index (χ2v) is 7.14. The molecule has 1 aromatic heterocycles. The van der Waals surface area contributed by atoms with Crippen molar-refractivity contribution >= 4 is 38.8 Å². The number of aromatic nitrogens is 1. The van der Waals surface area contributed by atoms with Crippen molar-refractivity contribution in [3.8, 4) is 11.5 Å². The largest absolute Gasteiger partial charge is 0.493 e. The molecule has 0 bridgehead atoms. The number of thiazole rings is 1. The van der Waals surface area contributed by atoms with Crippen molar-refractivity contribution in [1.82, 2.24) is 4.57 Å². The summed E-state index contributed by atoms with van der Waals surface area (Å²) in [5, 5.41) is 22.2. The number of fused-ring (bicyclic) bond motifs is 1. The van der Waals surface area contributed by atoms with Gasteiger partial charge in [0.25, 0.3) is 17.3 Å². The van der Waals surface area contributed by atoms with E-state index in [0.717, 1.165) is 22.9 Å². The third kappa shape index (κ3) is 4.28. The lowest BCUT2D eigenvalue weighted by atomic mass is 10.1. The highest BCUT2D eigenvalue weighted by molar-refractivity contribution is 7.16. The third-order valence-corrected chi connectivity index (χ3v) is 5.31. The first kappa shape index (κ1) is 21.6. The minimum Gasteiger partial charge on any atom is -0.493 e. The molecule has 3 rings (SSSR count). The SMILES string of the molecule is C=CCn1c(=NC(=O)c2cc([N+](=O)[O-])cc([N+](=O)[O-])c2)sc2cc(OC)c(OC)cc21. The fourth-order valence-electron chi connectivity index (χ4n) is 2.87. The molecule has 0 N–H and O–H groups in total. The molecule has 0 saturated heterocycles. The fraction of sp³-hybridized carbons (Fsp3) is 0.158. The molecule has 0 atom stereocenters. The van der Waals surface area contributed by atoms with Crippen molar-refractivity contribution in [3.05, 3.63) is 73.6 Å². The molecule has 0 fully saturated rings. The van der Waals surface area contributed by atoms with Gasteiger partial charge in [-0.1, -0.05) is 17.4 Å². The Labute approximate surface area is 178 Å². The number of nitrogens with zero attached hydrogens (tertiary/aromatic N) is 4. The molecule has 11 nitrogen and oxygen atoms in total. The van der Waals surface area contributed by atoms with Gasteiger partial charge in [0.1, 0.15) is 0 Å². The topological polar surface area (TPSA) is 139 Å². The van der Waals surface area contributed by atoms with Crippen molar-refractivity contribution in [2.24, 2.45) is 4.99 Å². The van der Waals surface area contributed by atoms with E-state index in [0.29, 0.717) is 23.6 Å². The van der Waals surface area contributed by atoms with Crippen LogP contribution >= 0.6 is 11.3 Å².